The van der Waals surface area contributed by atoms with Crippen molar-refractivity contribution < 1.29 is 19.4 Å². The van der Waals surface area contributed by atoms with Gasteiger partial charge in [-0.2, -0.15) is 0 Å². The van der Waals surface area contributed by atoms with Crippen LogP contribution < -0.4 is 4.74 Å². The van der Waals surface area contributed by atoms with Crippen LogP contribution in [0.15, 0.2) is 24.3 Å². The molecule has 0 aromatic heterocycles. The molecular formula is C17H23NO4. The van der Waals surface area contributed by atoms with Crippen LogP contribution in [0.4, 0.5) is 0 Å². The minimum absolute atomic E-state index is 0.0363. The summed E-state index contributed by atoms with van der Waals surface area (Å²) in [6.45, 7) is 3.61. The highest BCUT2D eigenvalue weighted by atomic mass is 16.5. The van der Waals surface area contributed by atoms with Crippen LogP contribution in [-0.4, -0.2) is 49.9 Å². The molecule has 1 aromatic carbocycles. The summed E-state index contributed by atoms with van der Waals surface area (Å²) in [6, 6.07) is 7.87. The summed E-state index contributed by atoms with van der Waals surface area (Å²) >= 11 is 0. The normalized spacial score (nSPS) is 11.6. The Balaban J connectivity index is 2.81. The average molecular weight is 305 g/mol. The number of rotatable bonds is 8. The predicted molar refractivity (Wildman–Crippen MR) is 84.9 cm³/mol. The molecule has 0 saturated carbocycles. The number of carboxylic acids is 1. The Hall–Kier alpha value is -2.03. The van der Waals surface area contributed by atoms with E-state index in [1.54, 1.807) is 7.11 Å². The first-order chi connectivity index (χ1) is 10.6. The van der Waals surface area contributed by atoms with Crippen molar-refractivity contribution in [3.8, 4) is 17.6 Å². The molecule has 22 heavy (non-hydrogen) atoms. The van der Waals surface area contributed by atoms with Gasteiger partial charge >= 0.3 is 5.97 Å². The zero-order chi connectivity index (χ0) is 16.4. The summed E-state index contributed by atoms with van der Waals surface area (Å²) in [5.41, 5.74) is 1.08. The lowest BCUT2D eigenvalue weighted by Crippen LogP contribution is -2.28. The second-order valence-electron chi connectivity index (χ2n) is 4.79. The van der Waals surface area contributed by atoms with Crippen LogP contribution in [0.1, 0.15) is 24.9 Å². The zero-order valence-corrected chi connectivity index (χ0v) is 13.3. The summed E-state index contributed by atoms with van der Waals surface area (Å²) < 4.78 is 10.8. The molecule has 0 bridgehead atoms. The molecule has 0 heterocycles. The Morgan fingerprint density at radius 2 is 2.18 bits per heavy atom. The third-order valence-electron chi connectivity index (χ3n) is 3.18. The van der Waals surface area contributed by atoms with Crippen LogP contribution in [0.25, 0.3) is 0 Å². The van der Waals surface area contributed by atoms with Crippen molar-refractivity contribution in [1.82, 2.24) is 4.90 Å². The van der Waals surface area contributed by atoms with Crippen molar-refractivity contribution in [3.63, 3.8) is 0 Å². The highest BCUT2D eigenvalue weighted by Crippen LogP contribution is 2.23. The topological polar surface area (TPSA) is 59.0 Å². The third-order valence-corrected chi connectivity index (χ3v) is 3.18. The Bertz CT molecular complexity index is 533. The van der Waals surface area contributed by atoms with Crippen molar-refractivity contribution >= 4 is 5.97 Å². The van der Waals surface area contributed by atoms with E-state index in [9.17, 15) is 4.79 Å². The molecule has 0 spiro atoms. The molecule has 0 aliphatic rings. The number of carbonyl (C=O) groups is 1. The van der Waals surface area contributed by atoms with Crippen LogP contribution in [0.5, 0.6) is 5.75 Å². The second-order valence-corrected chi connectivity index (χ2v) is 4.79. The van der Waals surface area contributed by atoms with Crippen LogP contribution in [0.3, 0.4) is 0 Å². The van der Waals surface area contributed by atoms with E-state index in [4.69, 9.17) is 14.6 Å². The monoisotopic (exact) mass is 305 g/mol. The largest absolute Gasteiger partial charge is 0.497 e. The molecule has 0 radical (unpaired) electrons. The first kappa shape index (κ1) is 18.0. The first-order valence-corrected chi connectivity index (χ1v) is 7.18. The quantitative estimate of drug-likeness (QED) is 0.746. The molecule has 1 atom stereocenters. The number of likely N-dealkylation sites (N-methyl/N-ethyl adjacent to an activating group) is 1. The lowest BCUT2D eigenvalue weighted by molar-refractivity contribution is -0.135. The van der Waals surface area contributed by atoms with Gasteiger partial charge in [0.25, 0.3) is 0 Å². The lowest BCUT2D eigenvalue weighted by atomic mass is 10.1. The van der Waals surface area contributed by atoms with Crippen molar-refractivity contribution in [2.75, 3.05) is 33.9 Å². The molecular weight excluding hydrogens is 282 g/mol. The smallest absolute Gasteiger partial charge is 0.315 e. The summed E-state index contributed by atoms with van der Waals surface area (Å²) in [6.07, 6.45) is -0.136. The molecule has 120 valence electrons. The van der Waals surface area contributed by atoms with Gasteiger partial charge in [0, 0.05) is 6.61 Å². The van der Waals surface area contributed by atoms with Crippen molar-refractivity contribution in [1.29, 1.82) is 0 Å². The third kappa shape index (κ3) is 6.17. The average Bonchev–Trinajstić information content (AvgIpc) is 2.52. The van der Waals surface area contributed by atoms with E-state index in [0.29, 0.717) is 19.8 Å². The molecule has 5 heteroatoms. The molecule has 0 aliphatic carbocycles. The summed E-state index contributed by atoms with van der Waals surface area (Å²) in [5.74, 6) is 5.41. The minimum atomic E-state index is -0.909. The lowest BCUT2D eigenvalue weighted by Gasteiger charge is -2.26. The standard InChI is InChI=1S/C17H23NO4/c1-4-22-13-16(14-8-7-9-15(12-14)21-3)18(2)11-6-5-10-17(19)20/h7-9,12,16H,4,10-11,13H2,1-3H3,(H,19,20). The molecule has 1 rings (SSSR count). The molecule has 0 amide bonds. The molecule has 5 nitrogen and oxygen atoms in total. The van der Waals surface area contributed by atoms with Crippen LogP contribution in [0.2, 0.25) is 0 Å². The number of hydrogen-bond donors (Lipinski definition) is 1. The maximum absolute atomic E-state index is 10.5. The van der Waals surface area contributed by atoms with Gasteiger partial charge < -0.3 is 14.6 Å². The van der Waals surface area contributed by atoms with E-state index in [1.807, 2.05) is 43.1 Å². The molecule has 1 unspecified atom stereocenters. The second kappa shape index (κ2) is 9.82. The van der Waals surface area contributed by atoms with E-state index >= 15 is 0 Å². The summed E-state index contributed by atoms with van der Waals surface area (Å²) in [4.78, 5) is 12.5. The number of aliphatic carboxylic acids is 1. The molecule has 1 aromatic rings. The van der Waals surface area contributed by atoms with Crippen LogP contribution in [0, 0.1) is 11.8 Å². The van der Waals surface area contributed by atoms with Gasteiger partial charge in [-0.1, -0.05) is 24.0 Å². The van der Waals surface area contributed by atoms with Crippen LogP contribution in [-0.2, 0) is 9.53 Å². The van der Waals surface area contributed by atoms with Crippen molar-refractivity contribution in [2.24, 2.45) is 0 Å². The van der Waals surface area contributed by atoms with Gasteiger partial charge in [0.1, 0.15) is 12.2 Å². The first-order valence-electron chi connectivity index (χ1n) is 7.18. The number of benzene rings is 1. The Morgan fingerprint density at radius 1 is 1.41 bits per heavy atom. The van der Waals surface area contributed by atoms with Gasteiger partial charge in [-0.15, -0.1) is 0 Å². The highest BCUT2D eigenvalue weighted by Gasteiger charge is 2.17. The van der Waals surface area contributed by atoms with Crippen LogP contribution >= 0.6 is 0 Å². The van der Waals surface area contributed by atoms with Gasteiger partial charge in [-0.25, -0.2) is 0 Å². The summed E-state index contributed by atoms with van der Waals surface area (Å²) in [7, 11) is 3.58. The zero-order valence-electron chi connectivity index (χ0n) is 13.3. The van der Waals surface area contributed by atoms with E-state index < -0.39 is 5.97 Å². The van der Waals surface area contributed by atoms with Gasteiger partial charge in [0.15, 0.2) is 0 Å². The Kier molecular flexibility index (Phi) is 8.05. The summed E-state index contributed by atoms with van der Waals surface area (Å²) in [5, 5.41) is 8.59. The van der Waals surface area contributed by atoms with Gasteiger partial charge in [0.2, 0.25) is 0 Å². The predicted octanol–water partition coefficient (Wildman–Crippen LogP) is 2.18. The Morgan fingerprint density at radius 3 is 2.82 bits per heavy atom. The van der Waals surface area contributed by atoms with Gasteiger partial charge in [-0.3, -0.25) is 9.69 Å². The molecule has 0 aliphatic heterocycles. The number of methoxy groups -OCH3 is 1. The maximum Gasteiger partial charge on any atom is 0.315 e. The van der Waals surface area contributed by atoms with E-state index in [1.165, 1.54) is 0 Å². The highest BCUT2D eigenvalue weighted by molar-refractivity contribution is 5.69. The van der Waals surface area contributed by atoms with Gasteiger partial charge in [0.05, 0.1) is 26.3 Å². The Labute approximate surface area is 131 Å². The fourth-order valence-corrected chi connectivity index (χ4v) is 1.99. The number of carboxylic acid groups (broad SMARTS) is 1. The fraction of sp³-hybridized carbons (Fsp3) is 0.471. The van der Waals surface area contributed by atoms with Crippen molar-refractivity contribution in [2.45, 2.75) is 19.4 Å². The SMILES string of the molecule is CCOCC(c1cccc(OC)c1)N(C)CC#CCC(=O)O. The van der Waals surface area contributed by atoms with Crippen molar-refractivity contribution in [3.05, 3.63) is 29.8 Å². The van der Waals surface area contributed by atoms with Gasteiger partial charge in [-0.05, 0) is 31.7 Å². The van der Waals surface area contributed by atoms with E-state index in [-0.39, 0.29) is 12.5 Å². The minimum Gasteiger partial charge on any atom is -0.497 e. The number of ether oxygens (including phenoxy) is 2. The van der Waals surface area contributed by atoms with E-state index in [0.717, 1.165) is 11.3 Å². The molecule has 1 N–H and O–H groups in total. The maximum atomic E-state index is 10.5. The molecule has 0 fully saturated rings. The fourth-order valence-electron chi connectivity index (χ4n) is 1.99. The molecule has 0 saturated heterocycles. The number of nitrogens with zero attached hydrogens (tertiary/aromatic N) is 1. The van der Waals surface area contributed by atoms with E-state index in [2.05, 4.69) is 11.8 Å². The number of hydrogen-bond acceptors (Lipinski definition) is 4.